The molecule has 7 nitrogen and oxygen atoms in total. The van der Waals surface area contributed by atoms with Gasteiger partial charge in [-0.15, -0.1) is 0 Å². The van der Waals surface area contributed by atoms with Crippen LogP contribution in [0.3, 0.4) is 0 Å². The van der Waals surface area contributed by atoms with Gasteiger partial charge >= 0.3 is 12.2 Å². The van der Waals surface area contributed by atoms with E-state index >= 15 is 0 Å². The molecule has 0 aliphatic heterocycles. The zero-order chi connectivity index (χ0) is 18.0. The predicted molar refractivity (Wildman–Crippen MR) is 89.9 cm³/mol. The predicted octanol–water partition coefficient (Wildman–Crippen LogP) is 3.11. The topological polar surface area (TPSA) is 93.7 Å². The molecular weight excluding hydrogens is 312 g/mol. The number of para-hydroxylation sites is 1. The van der Waals surface area contributed by atoms with Crippen LogP contribution in [-0.2, 0) is 14.3 Å². The monoisotopic (exact) mass is 336 g/mol. The molecule has 0 aliphatic carbocycles. The summed E-state index contributed by atoms with van der Waals surface area (Å²) in [7, 11) is 0. The van der Waals surface area contributed by atoms with Crippen LogP contribution >= 0.6 is 0 Å². The van der Waals surface area contributed by atoms with E-state index in [0.717, 1.165) is 0 Å². The van der Waals surface area contributed by atoms with Gasteiger partial charge < -0.3 is 19.6 Å². The van der Waals surface area contributed by atoms with Crippen LogP contribution in [0.1, 0.15) is 33.6 Å². The third-order valence-corrected chi connectivity index (χ3v) is 2.82. The Morgan fingerprint density at radius 2 is 1.83 bits per heavy atom. The Hall–Kier alpha value is -2.57. The Morgan fingerprint density at radius 3 is 2.42 bits per heavy atom. The molecule has 132 valence electrons. The normalized spacial score (nSPS) is 12.0. The highest BCUT2D eigenvalue weighted by atomic mass is 16.6. The fraction of sp³-hybridized carbons (Fsp3) is 0.471. The fourth-order valence-corrected chi connectivity index (χ4v) is 1.81. The zero-order valence-corrected chi connectivity index (χ0v) is 14.2. The molecule has 0 fully saturated rings. The van der Waals surface area contributed by atoms with E-state index < -0.39 is 23.8 Å². The number of benzene rings is 1. The molecule has 1 aromatic rings. The van der Waals surface area contributed by atoms with E-state index in [2.05, 4.69) is 10.6 Å². The summed E-state index contributed by atoms with van der Waals surface area (Å²) in [5.74, 6) is 0. The van der Waals surface area contributed by atoms with Gasteiger partial charge in [0.2, 0.25) is 0 Å². The molecule has 0 radical (unpaired) electrons. The standard InChI is InChI=1S/C17H24N2O5/c1-17(2,3)24-16(22)19-14(9-11-20)10-12-23-15(21)18-13-7-5-4-6-8-13/h4-8,11,14H,9-10,12H2,1-3H3,(H,18,21)(H,19,22). The number of hydrogen-bond donors (Lipinski definition) is 2. The Labute approximate surface area is 141 Å². The molecule has 2 N–H and O–H groups in total. The summed E-state index contributed by atoms with van der Waals surface area (Å²) in [6, 6.07) is 8.44. The van der Waals surface area contributed by atoms with Crippen LogP contribution in [0, 0.1) is 0 Å². The minimum Gasteiger partial charge on any atom is -0.449 e. The molecule has 0 heterocycles. The quantitative estimate of drug-likeness (QED) is 0.746. The first-order chi connectivity index (χ1) is 11.3. The molecule has 2 amide bonds. The maximum absolute atomic E-state index is 11.7. The second-order valence-corrected chi connectivity index (χ2v) is 6.16. The highest BCUT2D eigenvalue weighted by Crippen LogP contribution is 2.08. The van der Waals surface area contributed by atoms with E-state index in [1.807, 2.05) is 6.07 Å². The van der Waals surface area contributed by atoms with Gasteiger partial charge in [-0.2, -0.15) is 0 Å². The van der Waals surface area contributed by atoms with E-state index in [4.69, 9.17) is 9.47 Å². The van der Waals surface area contributed by atoms with Crippen LogP contribution in [-0.4, -0.2) is 36.7 Å². The number of aldehydes is 1. The van der Waals surface area contributed by atoms with Gasteiger partial charge in [0, 0.05) is 24.6 Å². The highest BCUT2D eigenvalue weighted by Gasteiger charge is 2.19. The average Bonchev–Trinajstić information content (AvgIpc) is 2.46. The number of amides is 2. The fourth-order valence-electron chi connectivity index (χ4n) is 1.81. The molecule has 0 aromatic heterocycles. The van der Waals surface area contributed by atoms with Crippen molar-refractivity contribution in [3.63, 3.8) is 0 Å². The van der Waals surface area contributed by atoms with Crippen molar-refractivity contribution < 1.29 is 23.9 Å². The highest BCUT2D eigenvalue weighted by molar-refractivity contribution is 5.84. The van der Waals surface area contributed by atoms with Gasteiger partial charge in [0.05, 0.1) is 6.61 Å². The van der Waals surface area contributed by atoms with E-state index in [1.54, 1.807) is 45.0 Å². The Balaban J connectivity index is 2.36. The lowest BCUT2D eigenvalue weighted by molar-refractivity contribution is -0.108. The Kier molecular flexibility index (Phi) is 7.74. The van der Waals surface area contributed by atoms with Gasteiger partial charge in [-0.05, 0) is 32.9 Å². The van der Waals surface area contributed by atoms with Crippen molar-refractivity contribution in [2.45, 2.75) is 45.3 Å². The molecule has 7 heteroatoms. The van der Waals surface area contributed by atoms with Crippen LogP contribution < -0.4 is 10.6 Å². The van der Waals surface area contributed by atoms with Gasteiger partial charge in [0.25, 0.3) is 0 Å². The lowest BCUT2D eigenvalue weighted by Gasteiger charge is -2.22. The number of carbonyl (C=O) groups excluding carboxylic acids is 3. The van der Waals surface area contributed by atoms with E-state index in [1.165, 1.54) is 0 Å². The second-order valence-electron chi connectivity index (χ2n) is 6.16. The summed E-state index contributed by atoms with van der Waals surface area (Å²) < 4.78 is 10.2. The lowest BCUT2D eigenvalue weighted by atomic mass is 10.1. The van der Waals surface area contributed by atoms with Crippen LogP contribution in [0.15, 0.2) is 30.3 Å². The van der Waals surface area contributed by atoms with Gasteiger partial charge in [0.1, 0.15) is 11.9 Å². The summed E-state index contributed by atoms with van der Waals surface area (Å²) in [4.78, 5) is 34.1. The van der Waals surface area contributed by atoms with Crippen molar-refractivity contribution in [2.75, 3.05) is 11.9 Å². The molecule has 0 bridgehead atoms. The van der Waals surface area contributed by atoms with Gasteiger partial charge in [-0.25, -0.2) is 9.59 Å². The van der Waals surface area contributed by atoms with Crippen LogP contribution in [0.5, 0.6) is 0 Å². The SMILES string of the molecule is CC(C)(C)OC(=O)NC(CC=O)CCOC(=O)Nc1ccccc1. The molecule has 0 aliphatic rings. The first-order valence-corrected chi connectivity index (χ1v) is 7.72. The maximum Gasteiger partial charge on any atom is 0.411 e. The summed E-state index contributed by atoms with van der Waals surface area (Å²) >= 11 is 0. The number of rotatable bonds is 7. The molecule has 1 rings (SSSR count). The number of hydrogen-bond acceptors (Lipinski definition) is 5. The summed E-state index contributed by atoms with van der Waals surface area (Å²) in [6.07, 6.45) is -0.0822. The Morgan fingerprint density at radius 1 is 1.17 bits per heavy atom. The van der Waals surface area contributed by atoms with E-state index in [0.29, 0.717) is 18.4 Å². The zero-order valence-electron chi connectivity index (χ0n) is 14.2. The molecule has 1 aromatic carbocycles. The van der Waals surface area contributed by atoms with E-state index in [9.17, 15) is 14.4 Å². The lowest BCUT2D eigenvalue weighted by Crippen LogP contribution is -2.40. The van der Waals surface area contributed by atoms with Crippen molar-refractivity contribution in [3.8, 4) is 0 Å². The summed E-state index contributed by atoms with van der Waals surface area (Å²) in [6.45, 7) is 5.31. The van der Waals surface area contributed by atoms with E-state index in [-0.39, 0.29) is 13.0 Å². The van der Waals surface area contributed by atoms with Gasteiger partial charge in [-0.3, -0.25) is 5.32 Å². The van der Waals surface area contributed by atoms with Crippen molar-refractivity contribution in [1.29, 1.82) is 0 Å². The number of alkyl carbamates (subject to hydrolysis) is 1. The smallest absolute Gasteiger partial charge is 0.411 e. The minimum atomic E-state index is -0.623. The van der Waals surface area contributed by atoms with Crippen molar-refractivity contribution in [1.82, 2.24) is 5.32 Å². The maximum atomic E-state index is 11.7. The number of ether oxygens (including phenoxy) is 2. The minimum absolute atomic E-state index is 0.0625. The number of nitrogens with one attached hydrogen (secondary N) is 2. The molecule has 1 atom stereocenters. The first kappa shape index (κ1) is 19.5. The molecule has 0 saturated heterocycles. The number of anilines is 1. The van der Waals surface area contributed by atoms with Crippen LogP contribution in [0.4, 0.5) is 15.3 Å². The number of carbonyl (C=O) groups is 3. The van der Waals surface area contributed by atoms with Crippen molar-refractivity contribution in [2.24, 2.45) is 0 Å². The van der Waals surface area contributed by atoms with Crippen LogP contribution in [0.2, 0.25) is 0 Å². The Bertz CT molecular complexity index is 540. The molecule has 0 saturated carbocycles. The third kappa shape index (κ3) is 8.77. The van der Waals surface area contributed by atoms with Gasteiger partial charge in [-0.1, -0.05) is 18.2 Å². The summed E-state index contributed by atoms with van der Waals surface area (Å²) in [5.41, 5.74) is 0.000776. The second kappa shape index (κ2) is 9.54. The van der Waals surface area contributed by atoms with Crippen LogP contribution in [0.25, 0.3) is 0 Å². The average molecular weight is 336 g/mol. The first-order valence-electron chi connectivity index (χ1n) is 7.72. The largest absolute Gasteiger partial charge is 0.449 e. The van der Waals surface area contributed by atoms with Crippen molar-refractivity contribution in [3.05, 3.63) is 30.3 Å². The third-order valence-electron chi connectivity index (χ3n) is 2.82. The van der Waals surface area contributed by atoms with Crippen molar-refractivity contribution >= 4 is 24.2 Å². The summed E-state index contributed by atoms with van der Waals surface area (Å²) in [5, 5.41) is 5.17. The van der Waals surface area contributed by atoms with Gasteiger partial charge in [0.15, 0.2) is 0 Å². The molecule has 0 spiro atoms. The molecule has 1 unspecified atom stereocenters. The molecule has 24 heavy (non-hydrogen) atoms. The molecular formula is C17H24N2O5.